The van der Waals surface area contributed by atoms with Crippen molar-refractivity contribution in [1.29, 1.82) is 0 Å². The van der Waals surface area contributed by atoms with Crippen molar-refractivity contribution < 1.29 is 8.42 Å². The van der Waals surface area contributed by atoms with Crippen LogP contribution in [0.25, 0.3) is 0 Å². The van der Waals surface area contributed by atoms with E-state index in [1.54, 1.807) is 13.8 Å². The molecule has 1 aromatic rings. The molecule has 0 aromatic heterocycles. The Hall–Kier alpha value is 0.150. The Morgan fingerprint density at radius 1 is 1.33 bits per heavy atom. The first-order valence-corrected chi connectivity index (χ1v) is 7.99. The number of rotatable bonds is 4. The van der Waals surface area contributed by atoms with Gasteiger partial charge in [-0.2, -0.15) is 0 Å². The molecular formula is C10H13BrCl2N2O2S. The van der Waals surface area contributed by atoms with Gasteiger partial charge in [0, 0.05) is 16.6 Å². The second-order valence-electron chi connectivity index (χ2n) is 4.51. The first-order chi connectivity index (χ1) is 8.03. The fourth-order valence-electron chi connectivity index (χ4n) is 1.14. The van der Waals surface area contributed by atoms with Gasteiger partial charge in [-0.3, -0.25) is 0 Å². The molecule has 0 aliphatic heterocycles. The quantitative estimate of drug-likeness (QED) is 0.849. The van der Waals surface area contributed by atoms with Crippen molar-refractivity contribution in [2.75, 3.05) is 6.54 Å². The topological polar surface area (TPSA) is 72.2 Å². The highest BCUT2D eigenvalue weighted by atomic mass is 79.9. The van der Waals surface area contributed by atoms with Crippen LogP contribution in [0.2, 0.25) is 10.0 Å². The van der Waals surface area contributed by atoms with Crippen LogP contribution in [-0.2, 0) is 10.0 Å². The van der Waals surface area contributed by atoms with E-state index in [0.29, 0.717) is 4.47 Å². The molecule has 0 unspecified atom stereocenters. The predicted octanol–water partition coefficient (Wildman–Crippen LogP) is 2.77. The zero-order valence-electron chi connectivity index (χ0n) is 9.80. The van der Waals surface area contributed by atoms with Gasteiger partial charge >= 0.3 is 0 Å². The summed E-state index contributed by atoms with van der Waals surface area (Å²) in [6.45, 7) is 3.50. The zero-order valence-corrected chi connectivity index (χ0v) is 13.7. The minimum Gasteiger partial charge on any atom is -0.324 e. The van der Waals surface area contributed by atoms with E-state index in [1.807, 2.05) is 0 Å². The van der Waals surface area contributed by atoms with Crippen LogP contribution in [0.1, 0.15) is 13.8 Å². The number of benzene rings is 1. The van der Waals surface area contributed by atoms with Gasteiger partial charge < -0.3 is 5.73 Å². The SMILES string of the molecule is CC(C)(N)CNS(=O)(=O)c1c(Cl)cc(Br)cc1Cl. The Balaban J connectivity index is 3.14. The second kappa shape index (κ2) is 5.64. The standard InChI is InChI=1S/C10H13BrCl2N2O2S/c1-10(2,14)5-15-18(16,17)9-7(12)3-6(11)4-8(9)13/h3-4,15H,5,14H2,1-2H3. The van der Waals surface area contributed by atoms with Crippen LogP contribution in [0.15, 0.2) is 21.5 Å². The molecule has 4 nitrogen and oxygen atoms in total. The summed E-state index contributed by atoms with van der Waals surface area (Å²) < 4.78 is 27.1. The van der Waals surface area contributed by atoms with E-state index in [0.717, 1.165) is 0 Å². The maximum absolute atomic E-state index is 12.1. The second-order valence-corrected chi connectivity index (χ2v) is 7.95. The Morgan fingerprint density at radius 3 is 2.17 bits per heavy atom. The van der Waals surface area contributed by atoms with Gasteiger partial charge in [0.05, 0.1) is 10.0 Å². The van der Waals surface area contributed by atoms with Crippen LogP contribution in [0.4, 0.5) is 0 Å². The molecule has 1 aromatic carbocycles. The summed E-state index contributed by atoms with van der Waals surface area (Å²) in [7, 11) is -3.79. The molecule has 18 heavy (non-hydrogen) atoms. The van der Waals surface area contributed by atoms with Crippen LogP contribution in [0.3, 0.4) is 0 Å². The van der Waals surface area contributed by atoms with Crippen molar-refractivity contribution in [3.8, 4) is 0 Å². The molecule has 0 bridgehead atoms. The van der Waals surface area contributed by atoms with E-state index in [9.17, 15) is 8.42 Å². The number of hydrogen-bond donors (Lipinski definition) is 2. The lowest BCUT2D eigenvalue weighted by Gasteiger charge is -2.19. The molecule has 102 valence electrons. The van der Waals surface area contributed by atoms with Crippen LogP contribution in [0.5, 0.6) is 0 Å². The van der Waals surface area contributed by atoms with Crippen LogP contribution in [-0.4, -0.2) is 20.5 Å². The third kappa shape index (κ3) is 4.36. The van der Waals surface area contributed by atoms with Gasteiger partial charge in [-0.05, 0) is 26.0 Å². The third-order valence-electron chi connectivity index (χ3n) is 1.95. The van der Waals surface area contributed by atoms with Gasteiger partial charge in [0.1, 0.15) is 4.90 Å². The number of nitrogens with two attached hydrogens (primary N) is 1. The van der Waals surface area contributed by atoms with Crippen LogP contribution < -0.4 is 10.5 Å². The van der Waals surface area contributed by atoms with Crippen molar-refractivity contribution in [3.05, 3.63) is 26.7 Å². The smallest absolute Gasteiger partial charge is 0.243 e. The number of nitrogens with one attached hydrogen (secondary N) is 1. The highest BCUT2D eigenvalue weighted by molar-refractivity contribution is 9.10. The summed E-state index contributed by atoms with van der Waals surface area (Å²) >= 11 is 15.0. The summed E-state index contributed by atoms with van der Waals surface area (Å²) in [5.41, 5.74) is 5.06. The zero-order chi connectivity index (χ0) is 14.1. The lowest BCUT2D eigenvalue weighted by atomic mass is 10.1. The van der Waals surface area contributed by atoms with Gasteiger partial charge in [-0.25, -0.2) is 13.1 Å². The molecule has 0 saturated carbocycles. The molecule has 0 amide bonds. The predicted molar refractivity (Wildman–Crippen MR) is 77.6 cm³/mol. The molecule has 0 radical (unpaired) electrons. The molecule has 8 heteroatoms. The lowest BCUT2D eigenvalue weighted by Crippen LogP contribution is -2.45. The molecule has 0 saturated heterocycles. The van der Waals surface area contributed by atoms with Gasteiger partial charge in [0.15, 0.2) is 0 Å². The molecular weight excluding hydrogens is 363 g/mol. The van der Waals surface area contributed by atoms with E-state index in [2.05, 4.69) is 20.7 Å². The summed E-state index contributed by atoms with van der Waals surface area (Å²) in [5.74, 6) is 0. The first kappa shape index (κ1) is 16.2. The van der Waals surface area contributed by atoms with Crippen molar-refractivity contribution >= 4 is 49.2 Å². The normalized spacial score (nSPS) is 12.8. The van der Waals surface area contributed by atoms with E-state index < -0.39 is 15.6 Å². The number of halogens is 3. The fourth-order valence-corrected chi connectivity index (χ4v) is 4.29. The van der Waals surface area contributed by atoms with Gasteiger partial charge in [-0.15, -0.1) is 0 Å². The maximum atomic E-state index is 12.1. The van der Waals surface area contributed by atoms with Crippen molar-refractivity contribution in [2.24, 2.45) is 5.73 Å². The molecule has 0 spiro atoms. The highest BCUT2D eigenvalue weighted by Crippen LogP contribution is 2.32. The van der Waals surface area contributed by atoms with Gasteiger partial charge in [0.2, 0.25) is 10.0 Å². The molecule has 0 atom stereocenters. The van der Waals surface area contributed by atoms with Gasteiger partial charge in [0.25, 0.3) is 0 Å². The van der Waals surface area contributed by atoms with E-state index in [-0.39, 0.29) is 21.5 Å². The Morgan fingerprint density at radius 2 is 1.78 bits per heavy atom. The molecule has 0 aliphatic rings. The third-order valence-corrected chi connectivity index (χ3v) is 4.73. The van der Waals surface area contributed by atoms with Crippen LogP contribution in [0, 0.1) is 0 Å². The molecule has 0 aliphatic carbocycles. The van der Waals surface area contributed by atoms with Gasteiger partial charge in [-0.1, -0.05) is 39.1 Å². The number of sulfonamides is 1. The molecule has 0 fully saturated rings. The molecule has 1 rings (SSSR count). The largest absolute Gasteiger partial charge is 0.324 e. The van der Waals surface area contributed by atoms with E-state index in [1.165, 1.54) is 12.1 Å². The van der Waals surface area contributed by atoms with Crippen LogP contribution >= 0.6 is 39.1 Å². The molecule has 0 heterocycles. The fraction of sp³-hybridized carbons (Fsp3) is 0.400. The summed E-state index contributed by atoms with van der Waals surface area (Å²) in [6.07, 6.45) is 0. The monoisotopic (exact) mass is 374 g/mol. The summed E-state index contributed by atoms with van der Waals surface area (Å²) in [6, 6.07) is 2.94. The summed E-state index contributed by atoms with van der Waals surface area (Å²) in [5, 5.41) is 0.105. The maximum Gasteiger partial charge on any atom is 0.243 e. The van der Waals surface area contributed by atoms with E-state index >= 15 is 0 Å². The Kier molecular flexibility index (Phi) is 5.08. The Bertz CT molecular complexity index is 532. The highest BCUT2D eigenvalue weighted by Gasteiger charge is 2.24. The average molecular weight is 376 g/mol. The summed E-state index contributed by atoms with van der Waals surface area (Å²) in [4.78, 5) is -0.140. The first-order valence-electron chi connectivity index (χ1n) is 4.96. The van der Waals surface area contributed by atoms with Crippen molar-refractivity contribution in [2.45, 2.75) is 24.3 Å². The Labute approximate surface area is 125 Å². The minimum atomic E-state index is -3.79. The number of hydrogen-bond acceptors (Lipinski definition) is 3. The minimum absolute atomic E-state index is 0.0525. The average Bonchev–Trinajstić information content (AvgIpc) is 2.11. The van der Waals surface area contributed by atoms with Crippen molar-refractivity contribution in [3.63, 3.8) is 0 Å². The van der Waals surface area contributed by atoms with Crippen molar-refractivity contribution in [1.82, 2.24) is 4.72 Å². The lowest BCUT2D eigenvalue weighted by molar-refractivity contribution is 0.498. The van der Waals surface area contributed by atoms with E-state index in [4.69, 9.17) is 28.9 Å². The molecule has 3 N–H and O–H groups in total.